The Morgan fingerprint density at radius 2 is 2.05 bits per heavy atom. The second kappa shape index (κ2) is 11.9. The van der Waals surface area contributed by atoms with E-state index >= 15 is 0 Å². The predicted molar refractivity (Wildman–Crippen MR) is 135 cm³/mol. The number of hydrogen-bond donors (Lipinski definition) is 1. The molecule has 0 saturated carbocycles. The van der Waals surface area contributed by atoms with Gasteiger partial charge in [0.25, 0.3) is 0 Å². The monoisotopic (exact) mass is 557 g/mol. The van der Waals surface area contributed by atoms with Gasteiger partial charge in [0.2, 0.25) is 5.28 Å². The van der Waals surface area contributed by atoms with Gasteiger partial charge in [0, 0.05) is 13.1 Å². The molecule has 1 amide bonds. The number of unbranched alkanes of at least 4 members (excludes halogenated alkanes) is 1. The van der Waals surface area contributed by atoms with Gasteiger partial charge in [-0.2, -0.15) is 4.98 Å². The molecule has 1 fully saturated rings. The molecule has 1 aliphatic rings. The number of ketones is 1. The van der Waals surface area contributed by atoms with Crippen molar-refractivity contribution in [2.45, 2.75) is 58.6 Å². The van der Waals surface area contributed by atoms with E-state index in [0.29, 0.717) is 30.2 Å². The molecule has 37 heavy (non-hydrogen) atoms. The van der Waals surface area contributed by atoms with Crippen LogP contribution in [-0.2, 0) is 9.53 Å². The van der Waals surface area contributed by atoms with E-state index in [1.807, 2.05) is 0 Å². The van der Waals surface area contributed by atoms with E-state index in [2.05, 4.69) is 20.4 Å². The Labute approximate surface area is 223 Å². The minimum absolute atomic E-state index is 0.0718. The van der Waals surface area contributed by atoms with Crippen LogP contribution < -0.4 is 10.1 Å². The Morgan fingerprint density at radius 3 is 2.70 bits per heavy atom. The normalized spacial score (nSPS) is 16.0. The van der Waals surface area contributed by atoms with Crippen molar-refractivity contribution in [2.24, 2.45) is 0 Å². The summed E-state index contributed by atoms with van der Waals surface area (Å²) < 4.78 is 12.3. The molecule has 0 bridgehead atoms. The van der Waals surface area contributed by atoms with Gasteiger partial charge in [-0.1, -0.05) is 11.6 Å². The number of aromatic nitrogens is 4. The minimum Gasteiger partial charge on any atom is -0.472 e. The zero-order chi connectivity index (χ0) is 27.3. The van der Waals surface area contributed by atoms with Crippen molar-refractivity contribution in [3.63, 3.8) is 0 Å². The molecule has 1 N–H and O–H groups in total. The highest BCUT2D eigenvalue weighted by molar-refractivity contribution is 6.33. The minimum atomic E-state index is -0.747. The summed E-state index contributed by atoms with van der Waals surface area (Å²) in [5, 5.41) is 19.4. The smallest absolute Gasteiger partial charge is 0.410 e. The first-order chi connectivity index (χ1) is 17.4. The summed E-state index contributed by atoms with van der Waals surface area (Å²) in [6.45, 7) is 7.51. The average Bonchev–Trinajstić information content (AvgIpc) is 3.13. The molecule has 0 unspecified atom stereocenters. The highest BCUT2D eigenvalue weighted by atomic mass is 35.5. The van der Waals surface area contributed by atoms with Crippen molar-refractivity contribution >= 4 is 46.6 Å². The van der Waals surface area contributed by atoms with Crippen LogP contribution >= 0.6 is 23.2 Å². The van der Waals surface area contributed by atoms with Crippen LogP contribution in [0.25, 0.3) is 0 Å². The summed E-state index contributed by atoms with van der Waals surface area (Å²) in [4.78, 5) is 45.4. The van der Waals surface area contributed by atoms with E-state index in [-0.39, 0.29) is 54.4 Å². The van der Waals surface area contributed by atoms with Gasteiger partial charge >= 0.3 is 17.7 Å². The van der Waals surface area contributed by atoms with Gasteiger partial charge in [0.1, 0.15) is 28.2 Å². The van der Waals surface area contributed by atoms with Crippen LogP contribution in [0.1, 0.15) is 51.8 Å². The third-order valence-electron chi connectivity index (χ3n) is 5.42. The first-order valence-electron chi connectivity index (χ1n) is 11.7. The summed E-state index contributed by atoms with van der Waals surface area (Å²) in [6.07, 6.45) is 2.27. The molecule has 0 aromatic carbocycles. The summed E-state index contributed by atoms with van der Waals surface area (Å²) >= 11 is 11.8. The number of piperidine rings is 1. The Hall–Kier alpha value is -3.19. The van der Waals surface area contributed by atoms with E-state index in [1.165, 1.54) is 22.7 Å². The summed E-state index contributed by atoms with van der Waals surface area (Å²) in [6, 6.07) is -0.747. The van der Waals surface area contributed by atoms with Crippen LogP contribution in [0, 0.1) is 17.0 Å². The van der Waals surface area contributed by atoms with E-state index in [0.717, 1.165) is 0 Å². The van der Waals surface area contributed by atoms with Crippen LogP contribution in [0.4, 0.5) is 16.3 Å². The number of nitrogens with one attached hydrogen (secondary N) is 1. The second-order valence-corrected chi connectivity index (χ2v) is 10.2. The lowest BCUT2D eigenvalue weighted by atomic mass is 10.0. The molecule has 1 atom stereocenters. The molecule has 202 valence electrons. The first kappa shape index (κ1) is 28.4. The average molecular weight is 558 g/mol. The van der Waals surface area contributed by atoms with Crippen molar-refractivity contribution < 1.29 is 24.0 Å². The fourth-order valence-corrected chi connectivity index (χ4v) is 4.01. The molecule has 13 nitrogen and oxygen atoms in total. The van der Waals surface area contributed by atoms with Crippen molar-refractivity contribution in [3.05, 3.63) is 32.3 Å². The van der Waals surface area contributed by atoms with E-state index < -0.39 is 22.7 Å². The lowest BCUT2D eigenvalue weighted by Crippen LogP contribution is -2.47. The van der Waals surface area contributed by atoms with E-state index in [4.69, 9.17) is 32.7 Å². The van der Waals surface area contributed by atoms with Gasteiger partial charge in [0.05, 0.1) is 24.3 Å². The second-order valence-electron chi connectivity index (χ2n) is 9.43. The number of nitrogens with zero attached hydrogens (tertiary/aromatic N) is 6. The van der Waals surface area contributed by atoms with Crippen molar-refractivity contribution in [3.8, 4) is 5.88 Å². The Kier molecular flexibility index (Phi) is 9.13. The van der Waals surface area contributed by atoms with Crippen LogP contribution in [0.3, 0.4) is 0 Å². The molecule has 0 spiro atoms. The third-order valence-corrected chi connectivity index (χ3v) is 5.88. The zero-order valence-electron chi connectivity index (χ0n) is 21.0. The number of rotatable bonds is 9. The van der Waals surface area contributed by atoms with Crippen LogP contribution in [0.2, 0.25) is 10.3 Å². The van der Waals surface area contributed by atoms with Gasteiger partial charge in [-0.05, 0) is 58.6 Å². The van der Waals surface area contributed by atoms with Crippen LogP contribution in [0.5, 0.6) is 5.88 Å². The van der Waals surface area contributed by atoms with Gasteiger partial charge in [-0.15, -0.1) is 5.10 Å². The zero-order valence-corrected chi connectivity index (χ0v) is 22.5. The Balaban J connectivity index is 1.58. The van der Waals surface area contributed by atoms with Crippen molar-refractivity contribution in [1.29, 1.82) is 0 Å². The fraction of sp³-hybridized carbons (Fsp3) is 0.591. The number of halogens is 2. The number of Topliss-reactive ketones (excluding diaryl/α,β-unsaturated/α-hetero) is 1. The maximum absolute atomic E-state index is 12.9. The van der Waals surface area contributed by atoms with E-state index in [1.54, 1.807) is 20.8 Å². The molecular weight excluding hydrogens is 529 g/mol. The molecule has 0 radical (unpaired) electrons. The number of carbonyl (C=O) groups excluding carboxylic acids is 2. The summed E-state index contributed by atoms with van der Waals surface area (Å²) in [7, 11) is 0. The highest BCUT2D eigenvalue weighted by Gasteiger charge is 2.37. The largest absolute Gasteiger partial charge is 0.472 e. The number of carbonyl (C=O) groups is 2. The molecule has 0 aliphatic carbocycles. The molecule has 1 saturated heterocycles. The van der Waals surface area contributed by atoms with Gasteiger partial charge in [0.15, 0.2) is 5.78 Å². The van der Waals surface area contributed by atoms with Crippen LogP contribution in [0.15, 0.2) is 6.20 Å². The lowest BCUT2D eigenvalue weighted by Gasteiger charge is -2.32. The Morgan fingerprint density at radius 1 is 1.32 bits per heavy atom. The standard InChI is InChI=1S/C22H29Cl2N7O6/c1-13-17(31(34)35)19(36-10-6-5-8-25-18-14(23)11-26-20(24)27-18)28-30(13)15-7-9-29(12-16(15)32)21(33)37-22(2,3)4/h11,15H,5-10,12H2,1-4H3,(H,25,26,27)/t15-/m1/s1. The summed E-state index contributed by atoms with van der Waals surface area (Å²) in [5.41, 5.74) is -0.765. The van der Waals surface area contributed by atoms with E-state index in [9.17, 15) is 19.7 Å². The predicted octanol–water partition coefficient (Wildman–Crippen LogP) is 4.22. The lowest BCUT2D eigenvalue weighted by molar-refractivity contribution is -0.386. The number of nitro groups is 1. The van der Waals surface area contributed by atoms with Crippen molar-refractivity contribution in [2.75, 3.05) is 31.6 Å². The molecule has 3 heterocycles. The topological polar surface area (TPSA) is 155 Å². The quantitative estimate of drug-likeness (QED) is 0.205. The van der Waals surface area contributed by atoms with Gasteiger partial charge in [-0.25, -0.2) is 14.5 Å². The van der Waals surface area contributed by atoms with Gasteiger partial charge < -0.3 is 19.7 Å². The SMILES string of the molecule is Cc1c([N+](=O)[O-])c(OCCCCNc2nc(Cl)ncc2Cl)nn1[C@@H]1CCN(C(=O)OC(C)(C)C)CC1=O. The third kappa shape index (κ3) is 7.41. The maximum Gasteiger partial charge on any atom is 0.410 e. The molecule has 2 aromatic heterocycles. The number of hydrogen-bond acceptors (Lipinski definition) is 10. The molecule has 3 rings (SSSR count). The van der Waals surface area contributed by atoms with Crippen LogP contribution in [-0.4, -0.2) is 73.3 Å². The summed E-state index contributed by atoms with van der Waals surface area (Å²) in [5.74, 6) is -0.0304. The highest BCUT2D eigenvalue weighted by Crippen LogP contribution is 2.34. The first-order valence-corrected chi connectivity index (χ1v) is 12.4. The fourth-order valence-electron chi connectivity index (χ4n) is 3.72. The maximum atomic E-state index is 12.9. The number of ether oxygens (including phenoxy) is 2. The van der Waals surface area contributed by atoms with Gasteiger partial charge in [-0.3, -0.25) is 14.9 Å². The molecular formula is C22H29Cl2N7O6. The Bertz CT molecular complexity index is 1170. The molecule has 1 aliphatic heterocycles. The molecule has 2 aromatic rings. The van der Waals surface area contributed by atoms with Crippen molar-refractivity contribution in [1.82, 2.24) is 24.6 Å². The number of amides is 1. The number of anilines is 1. The number of likely N-dealkylation sites (tertiary alicyclic amines) is 1. The molecule has 15 heteroatoms.